The predicted octanol–water partition coefficient (Wildman–Crippen LogP) is 1.41. The van der Waals surface area contributed by atoms with Crippen LogP contribution in [0, 0.1) is 13.8 Å². The second-order valence-corrected chi connectivity index (χ2v) is 2.78. The van der Waals surface area contributed by atoms with Gasteiger partial charge in [0.05, 0.1) is 11.7 Å². The maximum absolute atomic E-state index is 3.86. The third-order valence-electron chi connectivity index (χ3n) is 2.12. The van der Waals surface area contributed by atoms with Crippen molar-refractivity contribution in [2.45, 2.75) is 13.3 Å². The highest BCUT2D eigenvalue weighted by Crippen LogP contribution is 2.14. The van der Waals surface area contributed by atoms with E-state index in [9.17, 15) is 0 Å². The summed E-state index contributed by atoms with van der Waals surface area (Å²) in [6, 6.07) is 2.09. The van der Waals surface area contributed by atoms with Gasteiger partial charge in [0.2, 0.25) is 0 Å². The fraction of sp³-hybridized carbons (Fsp3) is 0.222. The summed E-state index contributed by atoms with van der Waals surface area (Å²) in [5.41, 5.74) is 3.54. The van der Waals surface area contributed by atoms with Crippen LogP contribution in [-0.4, -0.2) is 14.6 Å². The van der Waals surface area contributed by atoms with Crippen LogP contribution in [0.4, 0.5) is 0 Å². The van der Waals surface area contributed by atoms with Gasteiger partial charge in [-0.3, -0.25) is 0 Å². The highest BCUT2D eigenvalue weighted by Gasteiger charge is 2.02. The molecule has 3 heteroatoms. The summed E-state index contributed by atoms with van der Waals surface area (Å²) in [4.78, 5) is 0. The van der Waals surface area contributed by atoms with E-state index in [-0.39, 0.29) is 0 Å². The van der Waals surface area contributed by atoms with E-state index in [1.165, 1.54) is 11.3 Å². The smallest absolute Gasteiger partial charge is 0.122 e. The van der Waals surface area contributed by atoms with Crippen molar-refractivity contribution in [2.75, 3.05) is 0 Å². The highest BCUT2D eigenvalue weighted by atomic mass is 15.1. The molecular formula is C9H10N3. The summed E-state index contributed by atoms with van der Waals surface area (Å²) in [6.45, 7) is 5.92. The van der Waals surface area contributed by atoms with Crippen LogP contribution in [-0.2, 0) is 6.42 Å². The number of aromatic nitrogens is 3. The van der Waals surface area contributed by atoms with Crippen molar-refractivity contribution in [2.24, 2.45) is 0 Å². The van der Waals surface area contributed by atoms with Gasteiger partial charge in [-0.25, -0.2) is 0 Å². The Hall–Kier alpha value is -1.38. The zero-order valence-corrected chi connectivity index (χ0v) is 6.99. The lowest BCUT2D eigenvalue weighted by molar-refractivity contribution is 0.926. The third-order valence-corrected chi connectivity index (χ3v) is 2.12. The van der Waals surface area contributed by atoms with Crippen molar-refractivity contribution >= 4 is 5.52 Å². The molecule has 2 heterocycles. The van der Waals surface area contributed by atoms with Gasteiger partial charge in [0.25, 0.3) is 0 Å². The van der Waals surface area contributed by atoms with E-state index < -0.39 is 0 Å². The van der Waals surface area contributed by atoms with Crippen molar-refractivity contribution in [3.05, 3.63) is 36.8 Å². The van der Waals surface area contributed by atoms with Crippen LogP contribution in [0.3, 0.4) is 0 Å². The normalized spacial score (nSPS) is 10.8. The molecule has 0 aliphatic carbocycles. The Balaban J connectivity index is 2.78. The van der Waals surface area contributed by atoms with Crippen molar-refractivity contribution in [1.29, 1.82) is 0 Å². The molecule has 61 valence electrons. The Morgan fingerprint density at radius 1 is 1.50 bits per heavy atom. The van der Waals surface area contributed by atoms with E-state index in [4.69, 9.17) is 0 Å². The zero-order chi connectivity index (χ0) is 8.55. The SMILES string of the molecule is [CH2]Cc1cc2cnncn2c1C. The van der Waals surface area contributed by atoms with E-state index in [1.54, 1.807) is 12.5 Å². The molecule has 0 atom stereocenters. The van der Waals surface area contributed by atoms with E-state index in [0.717, 1.165) is 11.9 Å². The van der Waals surface area contributed by atoms with Gasteiger partial charge in [0.1, 0.15) is 6.33 Å². The van der Waals surface area contributed by atoms with Gasteiger partial charge in [-0.1, -0.05) is 0 Å². The maximum Gasteiger partial charge on any atom is 0.122 e. The minimum Gasteiger partial charge on any atom is -0.302 e. The molecule has 1 radical (unpaired) electrons. The van der Waals surface area contributed by atoms with E-state index >= 15 is 0 Å². The zero-order valence-electron chi connectivity index (χ0n) is 6.99. The molecule has 2 aromatic heterocycles. The summed E-state index contributed by atoms with van der Waals surface area (Å²) >= 11 is 0. The summed E-state index contributed by atoms with van der Waals surface area (Å²) in [5.74, 6) is 0. The van der Waals surface area contributed by atoms with E-state index in [2.05, 4.69) is 30.1 Å². The van der Waals surface area contributed by atoms with Crippen LogP contribution in [0.5, 0.6) is 0 Å². The van der Waals surface area contributed by atoms with Gasteiger partial charge in [0.15, 0.2) is 0 Å². The van der Waals surface area contributed by atoms with Gasteiger partial charge in [-0.2, -0.15) is 5.10 Å². The minimum absolute atomic E-state index is 0.813. The average molecular weight is 160 g/mol. The summed E-state index contributed by atoms with van der Waals surface area (Å²) in [7, 11) is 0. The molecule has 0 fully saturated rings. The Morgan fingerprint density at radius 3 is 3.00 bits per heavy atom. The lowest BCUT2D eigenvalue weighted by Gasteiger charge is -1.95. The summed E-state index contributed by atoms with van der Waals surface area (Å²) in [5, 5.41) is 7.62. The van der Waals surface area contributed by atoms with Crippen LogP contribution in [0.2, 0.25) is 0 Å². The first-order valence-corrected chi connectivity index (χ1v) is 3.89. The van der Waals surface area contributed by atoms with Gasteiger partial charge in [-0.15, -0.1) is 5.10 Å². The molecule has 2 rings (SSSR count). The molecule has 2 aromatic rings. The molecule has 0 spiro atoms. The fourth-order valence-corrected chi connectivity index (χ4v) is 1.38. The third kappa shape index (κ3) is 0.897. The van der Waals surface area contributed by atoms with Crippen LogP contribution in [0.15, 0.2) is 18.6 Å². The number of nitrogens with zero attached hydrogens (tertiary/aromatic N) is 3. The second-order valence-electron chi connectivity index (χ2n) is 2.78. The summed E-state index contributed by atoms with van der Waals surface area (Å²) < 4.78 is 2.02. The largest absolute Gasteiger partial charge is 0.302 e. The van der Waals surface area contributed by atoms with Crippen molar-refractivity contribution in [3.63, 3.8) is 0 Å². The van der Waals surface area contributed by atoms with Crippen molar-refractivity contribution < 1.29 is 0 Å². The number of hydrogen-bond donors (Lipinski definition) is 0. The topological polar surface area (TPSA) is 30.2 Å². The first-order chi connectivity index (χ1) is 5.83. The number of aryl methyl sites for hydroxylation is 1. The predicted molar refractivity (Wildman–Crippen MR) is 46.8 cm³/mol. The van der Waals surface area contributed by atoms with E-state index in [0.29, 0.717) is 0 Å². The van der Waals surface area contributed by atoms with Crippen molar-refractivity contribution in [1.82, 2.24) is 14.6 Å². The molecule has 0 amide bonds. The number of fused-ring (bicyclic) bond motifs is 1. The molecule has 0 aromatic carbocycles. The first kappa shape index (κ1) is 7.28. The Kier molecular flexibility index (Phi) is 1.57. The molecule has 0 saturated heterocycles. The fourth-order valence-electron chi connectivity index (χ4n) is 1.38. The molecule has 3 nitrogen and oxygen atoms in total. The highest BCUT2D eigenvalue weighted by molar-refractivity contribution is 5.51. The Labute approximate surface area is 71.1 Å². The molecule has 0 unspecified atom stereocenters. The second kappa shape index (κ2) is 2.59. The van der Waals surface area contributed by atoms with Crippen LogP contribution >= 0.6 is 0 Å². The first-order valence-electron chi connectivity index (χ1n) is 3.89. The molecule has 0 aliphatic heterocycles. The monoisotopic (exact) mass is 160 g/mol. The van der Waals surface area contributed by atoms with E-state index in [1.807, 2.05) is 4.40 Å². The van der Waals surface area contributed by atoms with Crippen molar-refractivity contribution in [3.8, 4) is 0 Å². The molecule has 0 aliphatic rings. The Bertz CT molecular complexity index is 403. The van der Waals surface area contributed by atoms with Crippen LogP contribution < -0.4 is 0 Å². The lowest BCUT2D eigenvalue weighted by Crippen LogP contribution is -1.91. The van der Waals surface area contributed by atoms with Crippen LogP contribution in [0.1, 0.15) is 11.3 Å². The van der Waals surface area contributed by atoms with Crippen LogP contribution in [0.25, 0.3) is 5.52 Å². The van der Waals surface area contributed by atoms with Gasteiger partial charge in [-0.05, 0) is 31.9 Å². The number of hydrogen-bond acceptors (Lipinski definition) is 2. The summed E-state index contributed by atoms with van der Waals surface area (Å²) in [6.07, 6.45) is 4.30. The maximum atomic E-state index is 3.86. The molecule has 0 bridgehead atoms. The standard InChI is InChI=1S/C9H10N3/c1-3-8-4-9-5-10-11-6-12(9)7(8)2/h4-6H,1,3H2,2H3. The number of rotatable bonds is 1. The van der Waals surface area contributed by atoms with Gasteiger partial charge in [0, 0.05) is 5.69 Å². The Morgan fingerprint density at radius 2 is 2.33 bits per heavy atom. The average Bonchev–Trinajstić information content (AvgIpc) is 2.44. The molecule has 0 saturated carbocycles. The minimum atomic E-state index is 0.813. The molecule has 0 N–H and O–H groups in total. The van der Waals surface area contributed by atoms with Gasteiger partial charge < -0.3 is 4.40 Å². The molecule has 12 heavy (non-hydrogen) atoms. The molecular weight excluding hydrogens is 150 g/mol. The lowest BCUT2D eigenvalue weighted by atomic mass is 10.2. The van der Waals surface area contributed by atoms with Gasteiger partial charge >= 0.3 is 0 Å². The quantitative estimate of drug-likeness (QED) is 0.631.